The predicted octanol–water partition coefficient (Wildman–Crippen LogP) is 3.78. The molecule has 0 aliphatic carbocycles. The van der Waals surface area contributed by atoms with Crippen LogP contribution in [0.25, 0.3) is 0 Å². The van der Waals surface area contributed by atoms with Gasteiger partial charge in [-0.05, 0) is 63.2 Å². The average Bonchev–Trinajstić information content (AvgIpc) is 3.19. The van der Waals surface area contributed by atoms with E-state index in [1.807, 2.05) is 25.1 Å². The van der Waals surface area contributed by atoms with Crippen molar-refractivity contribution in [1.29, 1.82) is 0 Å². The summed E-state index contributed by atoms with van der Waals surface area (Å²) < 4.78 is 56.9. The molecule has 7 nitrogen and oxygen atoms in total. The third-order valence-electron chi connectivity index (χ3n) is 5.92. The first-order chi connectivity index (χ1) is 16.6. The molecule has 0 amide bonds. The number of benzene rings is 2. The van der Waals surface area contributed by atoms with Crippen molar-refractivity contribution in [2.24, 2.45) is 0 Å². The van der Waals surface area contributed by atoms with Gasteiger partial charge in [-0.1, -0.05) is 25.1 Å². The van der Waals surface area contributed by atoms with E-state index in [9.17, 15) is 22.3 Å². The van der Waals surface area contributed by atoms with E-state index in [-0.39, 0.29) is 24.5 Å². The third kappa shape index (κ3) is 6.82. The lowest BCUT2D eigenvalue weighted by Gasteiger charge is -2.30. The fraction of sp³-hybridized carbons (Fsp3) is 0.391. The van der Waals surface area contributed by atoms with Crippen LogP contribution in [0.2, 0.25) is 0 Å². The minimum atomic E-state index is -3.30. The van der Waals surface area contributed by atoms with Crippen molar-refractivity contribution in [3.05, 3.63) is 75.0 Å². The minimum Gasteiger partial charge on any atom is -0.390 e. The highest BCUT2D eigenvalue weighted by molar-refractivity contribution is 9.10. The van der Waals surface area contributed by atoms with Crippen molar-refractivity contribution < 1.29 is 22.3 Å². The quantitative estimate of drug-likeness (QED) is 0.350. The molecule has 1 aliphatic heterocycles. The Kier molecular flexibility index (Phi) is 8.16. The molecule has 1 aliphatic rings. The van der Waals surface area contributed by atoms with Gasteiger partial charge in [-0.3, -0.25) is 0 Å². The highest BCUT2D eigenvalue weighted by Crippen LogP contribution is 2.29. The Morgan fingerprint density at radius 3 is 2.60 bits per heavy atom. The number of nitrogens with zero attached hydrogens (tertiary/aromatic N) is 2. The van der Waals surface area contributed by atoms with Crippen LogP contribution in [0.5, 0.6) is 0 Å². The maximum Gasteiger partial charge on any atom is 0.210 e. The number of sulfone groups is 1. The molecule has 3 N–H and O–H groups in total. The molecule has 2 heterocycles. The molecule has 3 atom stereocenters. The number of anilines is 1. The second-order valence-electron chi connectivity index (χ2n) is 8.57. The Hall–Kier alpha value is -1.99. The second-order valence-corrected chi connectivity index (χ2v) is 12.1. The largest absolute Gasteiger partial charge is 0.390 e. The fourth-order valence-corrected chi connectivity index (χ4v) is 6.93. The van der Waals surface area contributed by atoms with Crippen molar-refractivity contribution in [1.82, 2.24) is 14.7 Å². The molecule has 12 heteroatoms. The Bertz CT molecular complexity index is 1290. The van der Waals surface area contributed by atoms with Gasteiger partial charge in [0.15, 0.2) is 9.84 Å². The van der Waals surface area contributed by atoms with Gasteiger partial charge in [-0.2, -0.15) is 9.36 Å². The zero-order valence-corrected chi connectivity index (χ0v) is 22.1. The van der Waals surface area contributed by atoms with Gasteiger partial charge in [0, 0.05) is 30.2 Å². The number of fused-ring (bicyclic) bond motifs is 1. The summed E-state index contributed by atoms with van der Waals surface area (Å²) in [7, 11) is -3.30. The van der Waals surface area contributed by atoms with Crippen molar-refractivity contribution in [3.8, 4) is 0 Å². The summed E-state index contributed by atoms with van der Waals surface area (Å²) in [4.78, 5) is 4.18. The van der Waals surface area contributed by atoms with Gasteiger partial charge in [0.05, 0.1) is 23.7 Å². The van der Waals surface area contributed by atoms with E-state index in [0.29, 0.717) is 15.4 Å². The summed E-state index contributed by atoms with van der Waals surface area (Å²) in [6.07, 6.45) is -0.108. The van der Waals surface area contributed by atoms with Gasteiger partial charge in [-0.15, -0.1) is 0 Å². The first-order valence-electron chi connectivity index (χ1n) is 11.1. The van der Waals surface area contributed by atoms with Gasteiger partial charge in [0.2, 0.25) is 9.87 Å². The van der Waals surface area contributed by atoms with Gasteiger partial charge < -0.3 is 15.7 Å². The summed E-state index contributed by atoms with van der Waals surface area (Å²) in [5.74, 6) is -1.49. The summed E-state index contributed by atoms with van der Waals surface area (Å²) in [5, 5.41) is 17.8. The standard InChI is InChI=1S/C23H25BrF2N4O3S2/c1-2-13-3-4-15-11-35(32,33)12-20(18(15)7-13)27-10-21(31)19(28-23-29-22(24)30-34-23)8-14-5-16(25)9-17(26)6-14/h3-7,9,19-21,27,31H,2,8,10-12H2,1H3,(H,28,29,30). The van der Waals surface area contributed by atoms with Gasteiger partial charge in [0.1, 0.15) is 11.6 Å². The average molecular weight is 588 g/mol. The minimum absolute atomic E-state index is 0.00565. The van der Waals surface area contributed by atoms with Crippen molar-refractivity contribution >= 4 is 42.4 Å². The molecule has 0 fully saturated rings. The van der Waals surface area contributed by atoms with E-state index in [1.54, 1.807) is 0 Å². The smallest absolute Gasteiger partial charge is 0.210 e. The fourth-order valence-electron chi connectivity index (χ4n) is 4.22. The molecule has 1 aromatic heterocycles. The molecule has 0 spiro atoms. The Balaban J connectivity index is 1.54. The Morgan fingerprint density at radius 2 is 1.94 bits per heavy atom. The monoisotopic (exact) mass is 586 g/mol. The number of hydrogen-bond acceptors (Lipinski definition) is 8. The zero-order chi connectivity index (χ0) is 25.2. The predicted molar refractivity (Wildman–Crippen MR) is 135 cm³/mol. The van der Waals surface area contributed by atoms with E-state index in [2.05, 4.69) is 35.9 Å². The summed E-state index contributed by atoms with van der Waals surface area (Å²) in [5.41, 5.74) is 3.13. The first kappa shape index (κ1) is 26.1. The Labute approximate surface area is 215 Å². The normalized spacial score (nSPS) is 18.6. The molecular weight excluding hydrogens is 562 g/mol. The van der Waals surface area contributed by atoms with Gasteiger partial charge in [0.25, 0.3) is 0 Å². The number of rotatable bonds is 9. The molecule has 188 valence electrons. The number of aryl methyl sites for hydroxylation is 1. The van der Waals surface area contributed by atoms with Crippen LogP contribution in [0, 0.1) is 11.6 Å². The summed E-state index contributed by atoms with van der Waals surface area (Å²) in [6.45, 7) is 2.08. The van der Waals surface area contributed by atoms with Gasteiger partial charge in [-0.25, -0.2) is 17.2 Å². The second kappa shape index (κ2) is 11.0. The van der Waals surface area contributed by atoms with Crippen LogP contribution in [0.4, 0.5) is 13.9 Å². The molecule has 0 saturated heterocycles. The number of aliphatic hydroxyl groups is 1. The number of aromatic nitrogens is 2. The number of hydrogen-bond donors (Lipinski definition) is 3. The van der Waals surface area contributed by atoms with Crippen LogP contribution in [0.3, 0.4) is 0 Å². The molecule has 0 radical (unpaired) electrons. The van der Waals surface area contributed by atoms with Crippen LogP contribution >= 0.6 is 27.5 Å². The third-order valence-corrected chi connectivity index (χ3v) is 8.74. The molecule has 0 saturated carbocycles. The summed E-state index contributed by atoms with van der Waals surface area (Å²) >= 11 is 4.26. The highest BCUT2D eigenvalue weighted by Gasteiger charge is 2.31. The van der Waals surface area contributed by atoms with Crippen LogP contribution < -0.4 is 10.6 Å². The topological polar surface area (TPSA) is 104 Å². The maximum absolute atomic E-state index is 13.8. The van der Waals surface area contributed by atoms with Crippen molar-refractivity contribution in [2.75, 3.05) is 17.6 Å². The zero-order valence-electron chi connectivity index (χ0n) is 18.8. The van der Waals surface area contributed by atoms with Gasteiger partial charge >= 0.3 is 0 Å². The molecular formula is C23H25BrF2N4O3S2. The lowest BCUT2D eigenvalue weighted by Crippen LogP contribution is -2.45. The molecule has 3 aromatic rings. The van der Waals surface area contributed by atoms with Crippen LogP contribution in [0.1, 0.15) is 35.2 Å². The van der Waals surface area contributed by atoms with E-state index >= 15 is 0 Å². The van der Waals surface area contributed by atoms with Crippen molar-refractivity contribution in [2.45, 2.75) is 43.7 Å². The van der Waals surface area contributed by atoms with Crippen LogP contribution in [-0.2, 0) is 28.4 Å². The lowest BCUT2D eigenvalue weighted by molar-refractivity contribution is 0.145. The maximum atomic E-state index is 13.8. The van der Waals surface area contributed by atoms with Crippen molar-refractivity contribution in [3.63, 3.8) is 0 Å². The SMILES string of the molecule is CCc1ccc2c(c1)C(NCC(O)C(Cc1cc(F)cc(F)c1)Nc1nc(Br)ns1)CS(=O)(=O)C2. The van der Waals surface area contributed by atoms with E-state index in [0.717, 1.165) is 40.7 Å². The highest BCUT2D eigenvalue weighted by atomic mass is 79.9. The molecule has 0 bridgehead atoms. The molecule has 3 unspecified atom stereocenters. The molecule has 2 aromatic carbocycles. The molecule has 35 heavy (non-hydrogen) atoms. The molecule has 4 rings (SSSR count). The van der Waals surface area contributed by atoms with E-state index in [1.165, 1.54) is 12.1 Å². The Morgan fingerprint density at radius 1 is 1.20 bits per heavy atom. The summed E-state index contributed by atoms with van der Waals surface area (Å²) in [6, 6.07) is 7.86. The number of nitrogens with one attached hydrogen (secondary N) is 2. The first-order valence-corrected chi connectivity index (χ1v) is 14.4. The lowest BCUT2D eigenvalue weighted by atomic mass is 9.97. The van der Waals surface area contributed by atoms with E-state index < -0.39 is 39.7 Å². The number of aliphatic hydroxyl groups excluding tert-OH is 1. The number of halogens is 3. The van der Waals surface area contributed by atoms with E-state index in [4.69, 9.17) is 0 Å². The van der Waals surface area contributed by atoms with Crippen LogP contribution in [-0.4, -0.2) is 47.3 Å². The van der Waals surface area contributed by atoms with Crippen LogP contribution in [0.15, 0.2) is 41.1 Å².